The zero-order chi connectivity index (χ0) is 14.3. The van der Waals surface area contributed by atoms with E-state index in [0.717, 1.165) is 16.6 Å². The van der Waals surface area contributed by atoms with E-state index in [2.05, 4.69) is 10.1 Å². The Morgan fingerprint density at radius 3 is 2.75 bits per heavy atom. The van der Waals surface area contributed by atoms with E-state index in [-0.39, 0.29) is 0 Å². The Balaban J connectivity index is 2.18. The summed E-state index contributed by atoms with van der Waals surface area (Å²) >= 11 is 6.38. The third-order valence-corrected chi connectivity index (χ3v) is 3.57. The first-order valence-electron chi connectivity index (χ1n) is 6.28. The predicted molar refractivity (Wildman–Crippen MR) is 78.7 cm³/mol. The summed E-state index contributed by atoms with van der Waals surface area (Å²) in [5.41, 5.74) is 2.07. The fourth-order valence-electron chi connectivity index (χ4n) is 2.06. The molecule has 102 valence electrons. The van der Waals surface area contributed by atoms with Gasteiger partial charge in [-0.05, 0) is 32.0 Å². The van der Waals surface area contributed by atoms with Gasteiger partial charge in [-0.25, -0.2) is 4.52 Å². The molecule has 3 aromatic rings. The standard InChI is InChI=1S/C15H14ClN3O/c1-15(2,20)11-7-10(8-17-9-11)14-13(16)12-5-3-4-6-19(12)18-14/h3-9,20H,1-2H3. The molecule has 3 aromatic heterocycles. The Hall–Kier alpha value is -1.91. The van der Waals surface area contributed by atoms with Crippen LogP contribution in [0.15, 0.2) is 42.9 Å². The highest BCUT2D eigenvalue weighted by molar-refractivity contribution is 6.36. The van der Waals surface area contributed by atoms with Gasteiger partial charge in [-0.1, -0.05) is 17.7 Å². The Morgan fingerprint density at radius 2 is 2.05 bits per heavy atom. The Kier molecular flexibility index (Phi) is 3.00. The zero-order valence-corrected chi connectivity index (χ0v) is 12.0. The molecule has 1 N–H and O–H groups in total. The topological polar surface area (TPSA) is 50.4 Å². The molecule has 0 radical (unpaired) electrons. The van der Waals surface area contributed by atoms with Gasteiger partial charge in [0.05, 0.1) is 16.1 Å². The molecule has 0 aliphatic carbocycles. The lowest BCUT2D eigenvalue weighted by atomic mass is 9.98. The maximum absolute atomic E-state index is 10.1. The number of halogens is 1. The lowest BCUT2D eigenvalue weighted by Crippen LogP contribution is -2.15. The summed E-state index contributed by atoms with van der Waals surface area (Å²) in [6, 6.07) is 7.58. The minimum Gasteiger partial charge on any atom is -0.386 e. The number of hydrogen-bond acceptors (Lipinski definition) is 3. The highest BCUT2D eigenvalue weighted by Gasteiger charge is 2.19. The number of aliphatic hydroxyl groups is 1. The van der Waals surface area contributed by atoms with Crippen molar-refractivity contribution in [2.24, 2.45) is 0 Å². The number of aromatic nitrogens is 3. The van der Waals surface area contributed by atoms with Crippen LogP contribution in [0.5, 0.6) is 0 Å². The first-order valence-corrected chi connectivity index (χ1v) is 6.66. The van der Waals surface area contributed by atoms with Crippen LogP contribution < -0.4 is 0 Å². The van der Waals surface area contributed by atoms with Gasteiger partial charge < -0.3 is 5.11 Å². The zero-order valence-electron chi connectivity index (χ0n) is 11.2. The molecule has 0 unspecified atom stereocenters. The van der Waals surface area contributed by atoms with Crippen molar-refractivity contribution < 1.29 is 5.11 Å². The summed E-state index contributed by atoms with van der Waals surface area (Å²) in [5.74, 6) is 0. The largest absolute Gasteiger partial charge is 0.386 e. The second-order valence-corrected chi connectivity index (χ2v) is 5.59. The molecule has 5 heteroatoms. The van der Waals surface area contributed by atoms with Crippen molar-refractivity contribution in [2.45, 2.75) is 19.4 Å². The van der Waals surface area contributed by atoms with E-state index in [1.165, 1.54) is 0 Å². The smallest absolute Gasteiger partial charge is 0.114 e. The highest BCUT2D eigenvalue weighted by atomic mass is 35.5. The molecule has 0 atom stereocenters. The molecule has 0 aromatic carbocycles. The van der Waals surface area contributed by atoms with E-state index >= 15 is 0 Å². The quantitative estimate of drug-likeness (QED) is 0.787. The Bertz CT molecular complexity index is 774. The minimum absolute atomic E-state index is 0.584. The van der Waals surface area contributed by atoms with Crippen molar-refractivity contribution >= 4 is 17.1 Å². The second-order valence-electron chi connectivity index (χ2n) is 5.21. The molecular weight excluding hydrogens is 274 g/mol. The van der Waals surface area contributed by atoms with Crippen LogP contribution in [0.1, 0.15) is 19.4 Å². The van der Waals surface area contributed by atoms with Gasteiger partial charge in [-0.15, -0.1) is 0 Å². The average Bonchev–Trinajstić information content (AvgIpc) is 2.76. The summed E-state index contributed by atoms with van der Waals surface area (Å²) in [5, 5.41) is 15.1. The van der Waals surface area contributed by atoms with E-state index in [0.29, 0.717) is 10.7 Å². The summed E-state index contributed by atoms with van der Waals surface area (Å²) in [4.78, 5) is 4.17. The van der Waals surface area contributed by atoms with Crippen LogP contribution in [-0.2, 0) is 5.60 Å². The first-order chi connectivity index (χ1) is 9.47. The van der Waals surface area contributed by atoms with E-state index in [1.807, 2.05) is 30.5 Å². The SMILES string of the molecule is CC(C)(O)c1cncc(-c2nn3ccccc3c2Cl)c1. The van der Waals surface area contributed by atoms with E-state index in [9.17, 15) is 5.11 Å². The second kappa shape index (κ2) is 4.58. The summed E-state index contributed by atoms with van der Waals surface area (Å²) in [6.45, 7) is 3.44. The average molecular weight is 288 g/mol. The third kappa shape index (κ3) is 2.17. The van der Waals surface area contributed by atoms with E-state index < -0.39 is 5.60 Å². The van der Waals surface area contributed by atoms with Gasteiger partial charge in [0, 0.05) is 29.7 Å². The van der Waals surface area contributed by atoms with E-state index in [1.54, 1.807) is 30.8 Å². The normalized spacial score (nSPS) is 12.0. The fraction of sp³-hybridized carbons (Fsp3) is 0.200. The maximum atomic E-state index is 10.1. The maximum Gasteiger partial charge on any atom is 0.114 e. The lowest BCUT2D eigenvalue weighted by molar-refractivity contribution is 0.0783. The van der Waals surface area contributed by atoms with E-state index in [4.69, 9.17) is 11.6 Å². The van der Waals surface area contributed by atoms with Gasteiger partial charge in [0.25, 0.3) is 0 Å². The van der Waals surface area contributed by atoms with Crippen molar-refractivity contribution in [1.82, 2.24) is 14.6 Å². The molecule has 3 heterocycles. The molecule has 0 amide bonds. The summed E-state index contributed by atoms with van der Waals surface area (Å²) in [6.07, 6.45) is 5.19. The van der Waals surface area contributed by atoms with Gasteiger partial charge in [-0.3, -0.25) is 4.98 Å². The van der Waals surface area contributed by atoms with Crippen LogP contribution in [-0.4, -0.2) is 19.7 Å². The van der Waals surface area contributed by atoms with Gasteiger partial charge in [0.1, 0.15) is 5.69 Å². The van der Waals surface area contributed by atoms with Crippen molar-refractivity contribution in [1.29, 1.82) is 0 Å². The molecule has 3 rings (SSSR count). The lowest BCUT2D eigenvalue weighted by Gasteiger charge is -2.17. The number of nitrogens with zero attached hydrogens (tertiary/aromatic N) is 3. The van der Waals surface area contributed by atoms with Crippen LogP contribution in [0.3, 0.4) is 0 Å². The van der Waals surface area contributed by atoms with Crippen LogP contribution in [0, 0.1) is 0 Å². The molecule has 20 heavy (non-hydrogen) atoms. The molecule has 0 fully saturated rings. The van der Waals surface area contributed by atoms with Gasteiger partial charge >= 0.3 is 0 Å². The number of pyridine rings is 2. The minimum atomic E-state index is -0.950. The predicted octanol–water partition coefficient (Wildman–Crippen LogP) is 3.28. The number of fused-ring (bicyclic) bond motifs is 1. The molecule has 0 saturated carbocycles. The van der Waals surface area contributed by atoms with Crippen molar-refractivity contribution in [2.75, 3.05) is 0 Å². The van der Waals surface area contributed by atoms with Crippen LogP contribution >= 0.6 is 11.6 Å². The molecule has 0 bridgehead atoms. The van der Waals surface area contributed by atoms with Crippen molar-refractivity contribution in [3.05, 3.63) is 53.4 Å². The summed E-state index contributed by atoms with van der Waals surface area (Å²) in [7, 11) is 0. The van der Waals surface area contributed by atoms with Gasteiger partial charge in [0.15, 0.2) is 0 Å². The number of hydrogen-bond donors (Lipinski definition) is 1. The van der Waals surface area contributed by atoms with Crippen LogP contribution in [0.25, 0.3) is 16.8 Å². The number of rotatable bonds is 2. The molecule has 0 aliphatic heterocycles. The monoisotopic (exact) mass is 287 g/mol. The molecular formula is C15H14ClN3O. The summed E-state index contributed by atoms with van der Waals surface area (Å²) < 4.78 is 1.73. The highest BCUT2D eigenvalue weighted by Crippen LogP contribution is 2.31. The van der Waals surface area contributed by atoms with Crippen LogP contribution in [0.4, 0.5) is 0 Å². The molecule has 4 nitrogen and oxygen atoms in total. The third-order valence-electron chi connectivity index (χ3n) is 3.20. The van der Waals surface area contributed by atoms with Gasteiger partial charge in [-0.2, -0.15) is 5.10 Å². The Morgan fingerprint density at radius 1 is 1.25 bits per heavy atom. The van der Waals surface area contributed by atoms with Crippen molar-refractivity contribution in [3.63, 3.8) is 0 Å². The van der Waals surface area contributed by atoms with Crippen LogP contribution in [0.2, 0.25) is 5.02 Å². The Labute approximate surface area is 121 Å². The van der Waals surface area contributed by atoms with Crippen molar-refractivity contribution in [3.8, 4) is 11.3 Å². The molecule has 0 spiro atoms. The molecule has 0 aliphatic rings. The van der Waals surface area contributed by atoms with Gasteiger partial charge in [0.2, 0.25) is 0 Å². The molecule has 0 saturated heterocycles. The fourth-order valence-corrected chi connectivity index (χ4v) is 2.35. The first kappa shape index (κ1) is 13.1.